The summed E-state index contributed by atoms with van der Waals surface area (Å²) >= 11 is 1.82. The number of amides is 1. The van der Waals surface area contributed by atoms with Gasteiger partial charge in [-0.15, -0.1) is 11.3 Å². The monoisotopic (exact) mass is 313 g/mol. The zero-order valence-corrected chi connectivity index (χ0v) is 12.6. The molecule has 0 fully saturated rings. The standard InChI is InChI=1S/C14H13F2NOS2/c1-8-7-12(19-9(8)2)13(18)17-10-5-3-4-6-11(10)20-14(15)16/h3-7,14H,1-2H3,(H,17,18). The van der Waals surface area contributed by atoms with Gasteiger partial charge < -0.3 is 5.32 Å². The van der Waals surface area contributed by atoms with E-state index in [1.54, 1.807) is 30.3 Å². The molecule has 0 unspecified atom stereocenters. The van der Waals surface area contributed by atoms with Crippen LogP contribution in [0.3, 0.4) is 0 Å². The Morgan fingerprint density at radius 1 is 1.30 bits per heavy atom. The van der Waals surface area contributed by atoms with Crippen molar-refractivity contribution in [2.75, 3.05) is 5.32 Å². The Kier molecular flexibility index (Phi) is 4.77. The van der Waals surface area contributed by atoms with E-state index in [2.05, 4.69) is 5.32 Å². The number of thioether (sulfide) groups is 1. The molecule has 0 aliphatic rings. The minimum atomic E-state index is -2.51. The lowest BCUT2D eigenvalue weighted by molar-refractivity contribution is 0.103. The maximum atomic E-state index is 12.5. The molecule has 0 aliphatic heterocycles. The number of nitrogens with one attached hydrogen (secondary N) is 1. The minimum absolute atomic E-state index is 0.270. The van der Waals surface area contributed by atoms with Crippen molar-refractivity contribution >= 4 is 34.7 Å². The summed E-state index contributed by atoms with van der Waals surface area (Å²) in [6.45, 7) is 3.88. The maximum Gasteiger partial charge on any atom is 0.288 e. The van der Waals surface area contributed by atoms with Gasteiger partial charge in [-0.05, 0) is 37.6 Å². The van der Waals surface area contributed by atoms with Gasteiger partial charge >= 0.3 is 0 Å². The molecule has 0 atom stereocenters. The number of carbonyl (C=O) groups excluding carboxylic acids is 1. The summed E-state index contributed by atoms with van der Waals surface area (Å²) in [5.41, 5.74) is 1.46. The van der Waals surface area contributed by atoms with Gasteiger partial charge in [-0.3, -0.25) is 4.79 Å². The highest BCUT2D eigenvalue weighted by Crippen LogP contribution is 2.32. The molecule has 0 saturated heterocycles. The van der Waals surface area contributed by atoms with Crippen LogP contribution in [0.1, 0.15) is 20.1 Å². The molecule has 1 amide bonds. The van der Waals surface area contributed by atoms with Gasteiger partial charge in [0.15, 0.2) is 0 Å². The third-order valence-corrected chi connectivity index (χ3v) is 4.68. The van der Waals surface area contributed by atoms with Gasteiger partial charge in [0.25, 0.3) is 11.7 Å². The molecule has 106 valence electrons. The average molecular weight is 313 g/mol. The second-order valence-electron chi connectivity index (χ2n) is 4.18. The number of hydrogen-bond acceptors (Lipinski definition) is 3. The zero-order valence-electron chi connectivity index (χ0n) is 10.9. The molecular weight excluding hydrogens is 300 g/mol. The van der Waals surface area contributed by atoms with Crippen LogP contribution >= 0.6 is 23.1 Å². The molecular formula is C14H13F2NOS2. The third-order valence-electron chi connectivity index (χ3n) is 2.74. The molecule has 1 aromatic carbocycles. The average Bonchev–Trinajstić information content (AvgIpc) is 2.71. The van der Waals surface area contributed by atoms with Gasteiger partial charge in [0, 0.05) is 9.77 Å². The highest BCUT2D eigenvalue weighted by Gasteiger charge is 2.14. The van der Waals surface area contributed by atoms with Crippen molar-refractivity contribution in [2.24, 2.45) is 0 Å². The van der Waals surface area contributed by atoms with Crippen molar-refractivity contribution in [3.8, 4) is 0 Å². The topological polar surface area (TPSA) is 29.1 Å². The first-order chi connectivity index (χ1) is 9.47. The second kappa shape index (κ2) is 6.37. The summed E-state index contributed by atoms with van der Waals surface area (Å²) in [6.07, 6.45) is 0. The van der Waals surface area contributed by atoms with Crippen molar-refractivity contribution in [3.05, 3.63) is 45.6 Å². The normalized spacial score (nSPS) is 10.8. The molecule has 0 radical (unpaired) electrons. The Morgan fingerprint density at radius 3 is 2.60 bits per heavy atom. The van der Waals surface area contributed by atoms with Crippen LogP contribution in [0.5, 0.6) is 0 Å². The van der Waals surface area contributed by atoms with Gasteiger partial charge in [-0.1, -0.05) is 23.9 Å². The number of hydrogen-bond donors (Lipinski definition) is 1. The number of halogens is 2. The smallest absolute Gasteiger partial charge is 0.288 e. The Bertz CT molecular complexity index is 606. The first-order valence-corrected chi connectivity index (χ1v) is 7.59. The van der Waals surface area contributed by atoms with E-state index in [0.29, 0.717) is 27.2 Å². The first-order valence-electron chi connectivity index (χ1n) is 5.89. The summed E-state index contributed by atoms with van der Waals surface area (Å²) in [5, 5.41) is 2.69. The molecule has 2 nitrogen and oxygen atoms in total. The predicted octanol–water partition coefficient (Wildman–Crippen LogP) is 4.93. The van der Waals surface area contributed by atoms with E-state index in [1.807, 2.05) is 13.8 Å². The lowest BCUT2D eigenvalue weighted by Gasteiger charge is -2.09. The number of aryl methyl sites for hydroxylation is 2. The number of rotatable bonds is 4. The lowest BCUT2D eigenvalue weighted by Crippen LogP contribution is -2.11. The third kappa shape index (κ3) is 3.58. The summed E-state index contributed by atoms with van der Waals surface area (Å²) in [6, 6.07) is 8.36. The fraction of sp³-hybridized carbons (Fsp3) is 0.214. The van der Waals surface area contributed by atoms with E-state index < -0.39 is 5.76 Å². The summed E-state index contributed by atoms with van der Waals surface area (Å²) in [4.78, 5) is 14.1. The van der Waals surface area contributed by atoms with Gasteiger partial charge in [-0.2, -0.15) is 8.78 Å². The molecule has 0 bridgehead atoms. The molecule has 20 heavy (non-hydrogen) atoms. The number of alkyl halides is 2. The highest BCUT2D eigenvalue weighted by molar-refractivity contribution is 7.99. The Hall–Kier alpha value is -1.40. The lowest BCUT2D eigenvalue weighted by atomic mass is 10.2. The number of para-hydroxylation sites is 1. The predicted molar refractivity (Wildman–Crippen MR) is 80.0 cm³/mol. The summed E-state index contributed by atoms with van der Waals surface area (Å²) in [5.74, 6) is -2.78. The summed E-state index contributed by atoms with van der Waals surface area (Å²) in [7, 11) is 0. The highest BCUT2D eigenvalue weighted by atomic mass is 32.2. The van der Waals surface area contributed by atoms with Gasteiger partial charge in [0.2, 0.25) is 0 Å². The second-order valence-corrected chi connectivity index (χ2v) is 6.47. The summed E-state index contributed by atoms with van der Waals surface area (Å²) < 4.78 is 24.9. The molecule has 2 rings (SSSR count). The van der Waals surface area contributed by atoms with E-state index in [9.17, 15) is 13.6 Å². The Labute approximate surface area is 124 Å². The largest absolute Gasteiger partial charge is 0.320 e. The first kappa shape index (κ1) is 15.0. The fourth-order valence-electron chi connectivity index (χ4n) is 1.64. The van der Waals surface area contributed by atoms with E-state index in [-0.39, 0.29) is 5.91 Å². The van der Waals surface area contributed by atoms with Crippen molar-refractivity contribution in [1.29, 1.82) is 0 Å². The SMILES string of the molecule is Cc1cc(C(=O)Nc2ccccc2SC(F)F)sc1C. The van der Waals surface area contributed by atoms with Crippen LogP contribution < -0.4 is 5.32 Å². The van der Waals surface area contributed by atoms with Crippen LogP contribution in [0, 0.1) is 13.8 Å². The minimum Gasteiger partial charge on any atom is -0.320 e. The molecule has 1 N–H and O–H groups in total. The van der Waals surface area contributed by atoms with E-state index >= 15 is 0 Å². The van der Waals surface area contributed by atoms with Gasteiger partial charge in [-0.25, -0.2) is 0 Å². The maximum absolute atomic E-state index is 12.5. The molecule has 0 spiro atoms. The Morgan fingerprint density at radius 2 is 2.00 bits per heavy atom. The number of benzene rings is 1. The van der Waals surface area contributed by atoms with Gasteiger partial charge in [0.05, 0.1) is 10.6 Å². The quantitative estimate of drug-likeness (QED) is 0.811. The van der Waals surface area contributed by atoms with Crippen molar-refractivity contribution in [3.63, 3.8) is 0 Å². The van der Waals surface area contributed by atoms with Crippen LogP contribution in [0.15, 0.2) is 35.2 Å². The number of carbonyl (C=O) groups is 1. The zero-order chi connectivity index (χ0) is 14.7. The van der Waals surface area contributed by atoms with E-state index in [4.69, 9.17) is 0 Å². The van der Waals surface area contributed by atoms with Crippen LogP contribution in [-0.4, -0.2) is 11.7 Å². The molecule has 2 aromatic rings. The van der Waals surface area contributed by atoms with Crippen LogP contribution in [0.2, 0.25) is 0 Å². The number of anilines is 1. The van der Waals surface area contributed by atoms with E-state index in [1.165, 1.54) is 11.3 Å². The van der Waals surface area contributed by atoms with Crippen LogP contribution in [0.25, 0.3) is 0 Å². The molecule has 0 aliphatic carbocycles. The molecule has 1 heterocycles. The molecule has 6 heteroatoms. The van der Waals surface area contributed by atoms with Crippen molar-refractivity contribution in [1.82, 2.24) is 0 Å². The van der Waals surface area contributed by atoms with Crippen molar-refractivity contribution in [2.45, 2.75) is 24.5 Å². The van der Waals surface area contributed by atoms with Gasteiger partial charge in [0.1, 0.15) is 0 Å². The van der Waals surface area contributed by atoms with E-state index in [0.717, 1.165) is 10.4 Å². The number of thiophene rings is 1. The Balaban J connectivity index is 2.19. The fourth-order valence-corrected chi connectivity index (χ4v) is 3.16. The van der Waals surface area contributed by atoms with Crippen LogP contribution in [-0.2, 0) is 0 Å². The van der Waals surface area contributed by atoms with Crippen molar-refractivity contribution < 1.29 is 13.6 Å². The molecule has 0 saturated carbocycles. The molecule has 1 aromatic heterocycles. The van der Waals surface area contributed by atoms with Crippen LogP contribution in [0.4, 0.5) is 14.5 Å².